The van der Waals surface area contributed by atoms with E-state index in [4.69, 9.17) is 4.42 Å². The van der Waals surface area contributed by atoms with Crippen molar-refractivity contribution in [1.82, 2.24) is 4.98 Å². The number of anilines is 1. The Morgan fingerprint density at radius 2 is 1.86 bits per heavy atom. The van der Waals surface area contributed by atoms with E-state index in [1.807, 2.05) is 62.4 Å². The predicted molar refractivity (Wildman–Crippen MR) is 85.8 cm³/mol. The van der Waals surface area contributed by atoms with Crippen LogP contribution in [0.2, 0.25) is 0 Å². The van der Waals surface area contributed by atoms with Crippen LogP contribution in [0.3, 0.4) is 0 Å². The van der Waals surface area contributed by atoms with Crippen molar-refractivity contribution < 1.29 is 9.21 Å². The number of aromatic nitrogens is 1. The van der Waals surface area contributed by atoms with Crippen molar-refractivity contribution in [3.63, 3.8) is 0 Å². The molecule has 0 fully saturated rings. The Hall–Kier alpha value is -2.88. The van der Waals surface area contributed by atoms with Crippen LogP contribution in [0.15, 0.2) is 59.3 Å². The van der Waals surface area contributed by atoms with Gasteiger partial charge in [-0.1, -0.05) is 42.5 Å². The highest BCUT2D eigenvalue weighted by Gasteiger charge is 2.19. The van der Waals surface area contributed by atoms with Gasteiger partial charge in [0.1, 0.15) is 5.69 Å². The third-order valence-corrected chi connectivity index (χ3v) is 3.46. The second-order valence-electron chi connectivity index (χ2n) is 5.17. The van der Waals surface area contributed by atoms with Crippen molar-refractivity contribution in [2.24, 2.45) is 0 Å². The number of rotatable bonds is 3. The number of nitrogens with zero attached hydrogens (tertiary/aromatic N) is 1. The average Bonchev–Trinajstić information content (AvgIpc) is 3.01. The molecule has 0 bridgehead atoms. The maximum absolute atomic E-state index is 12.5. The van der Waals surface area contributed by atoms with Gasteiger partial charge in [0.25, 0.3) is 5.91 Å². The van der Waals surface area contributed by atoms with Crippen LogP contribution in [0.25, 0.3) is 11.3 Å². The summed E-state index contributed by atoms with van der Waals surface area (Å²) in [4.78, 5) is 16.6. The molecule has 0 aliphatic heterocycles. The van der Waals surface area contributed by atoms with E-state index in [1.165, 1.54) is 6.39 Å². The summed E-state index contributed by atoms with van der Waals surface area (Å²) >= 11 is 0. The minimum absolute atomic E-state index is 0.215. The van der Waals surface area contributed by atoms with E-state index < -0.39 is 0 Å². The second-order valence-corrected chi connectivity index (χ2v) is 5.17. The van der Waals surface area contributed by atoms with E-state index in [-0.39, 0.29) is 11.7 Å². The molecule has 0 saturated heterocycles. The lowest BCUT2D eigenvalue weighted by atomic mass is 10.1. The predicted octanol–water partition coefficient (Wildman–Crippen LogP) is 4.21. The molecule has 1 aromatic heterocycles. The first-order valence-corrected chi connectivity index (χ1v) is 7.02. The summed E-state index contributed by atoms with van der Waals surface area (Å²) in [5.41, 5.74) is 4.26. The second kappa shape index (κ2) is 5.85. The largest absolute Gasteiger partial charge is 0.438 e. The SMILES string of the molecule is Cc1ccc(C)c(NC(=O)c2ocnc2-c2ccccc2)c1. The van der Waals surface area contributed by atoms with Gasteiger partial charge in [0.05, 0.1) is 0 Å². The topological polar surface area (TPSA) is 55.1 Å². The van der Waals surface area contributed by atoms with Gasteiger partial charge in [-0.3, -0.25) is 4.79 Å². The first-order chi connectivity index (χ1) is 10.6. The molecule has 0 atom stereocenters. The number of nitrogens with one attached hydrogen (secondary N) is 1. The zero-order chi connectivity index (χ0) is 15.5. The third-order valence-electron chi connectivity index (χ3n) is 3.46. The Bertz CT molecular complexity index is 807. The Kier molecular flexibility index (Phi) is 3.74. The highest BCUT2D eigenvalue weighted by Crippen LogP contribution is 2.24. The molecular weight excluding hydrogens is 276 g/mol. The van der Waals surface area contributed by atoms with Gasteiger partial charge in [-0.25, -0.2) is 4.98 Å². The monoisotopic (exact) mass is 292 g/mol. The average molecular weight is 292 g/mol. The molecule has 22 heavy (non-hydrogen) atoms. The van der Waals surface area contributed by atoms with Crippen LogP contribution in [0, 0.1) is 13.8 Å². The maximum Gasteiger partial charge on any atom is 0.293 e. The van der Waals surface area contributed by atoms with Crippen LogP contribution in [0.4, 0.5) is 5.69 Å². The molecule has 0 saturated carbocycles. The molecule has 0 spiro atoms. The molecule has 0 aliphatic rings. The molecule has 1 N–H and O–H groups in total. The summed E-state index contributed by atoms with van der Waals surface area (Å²) in [6.07, 6.45) is 1.29. The summed E-state index contributed by atoms with van der Waals surface area (Å²) in [6, 6.07) is 15.4. The smallest absolute Gasteiger partial charge is 0.293 e. The van der Waals surface area contributed by atoms with E-state index in [9.17, 15) is 4.79 Å². The summed E-state index contributed by atoms with van der Waals surface area (Å²) in [5.74, 6) is -0.0860. The van der Waals surface area contributed by atoms with Gasteiger partial charge in [-0.2, -0.15) is 0 Å². The molecule has 1 amide bonds. The van der Waals surface area contributed by atoms with Crippen LogP contribution in [-0.2, 0) is 0 Å². The van der Waals surface area contributed by atoms with Crippen LogP contribution in [0.5, 0.6) is 0 Å². The minimum Gasteiger partial charge on any atom is -0.438 e. The van der Waals surface area contributed by atoms with Gasteiger partial charge in [0.2, 0.25) is 5.76 Å². The van der Waals surface area contributed by atoms with Gasteiger partial charge in [0, 0.05) is 11.3 Å². The van der Waals surface area contributed by atoms with E-state index >= 15 is 0 Å². The number of benzene rings is 2. The van der Waals surface area contributed by atoms with Gasteiger partial charge < -0.3 is 9.73 Å². The third kappa shape index (κ3) is 2.76. The first kappa shape index (κ1) is 14.1. The Labute approximate surface area is 128 Å². The zero-order valence-electron chi connectivity index (χ0n) is 12.5. The molecule has 110 valence electrons. The quantitative estimate of drug-likeness (QED) is 0.786. The zero-order valence-corrected chi connectivity index (χ0v) is 12.5. The fourth-order valence-corrected chi connectivity index (χ4v) is 2.26. The van der Waals surface area contributed by atoms with Gasteiger partial charge in [-0.15, -0.1) is 0 Å². The standard InChI is InChI=1S/C18H16N2O2/c1-12-8-9-13(2)15(10-12)20-18(21)17-16(19-11-22-17)14-6-4-3-5-7-14/h3-11H,1-2H3,(H,20,21). The Balaban J connectivity index is 1.91. The van der Waals surface area contributed by atoms with Crippen molar-refractivity contribution >= 4 is 11.6 Å². The molecule has 3 aromatic rings. The van der Waals surface area contributed by atoms with Gasteiger partial charge >= 0.3 is 0 Å². The number of aryl methyl sites for hydroxylation is 2. The minimum atomic E-state index is -0.301. The number of hydrogen-bond acceptors (Lipinski definition) is 3. The lowest BCUT2D eigenvalue weighted by Crippen LogP contribution is -2.13. The van der Waals surface area contributed by atoms with Gasteiger partial charge in [-0.05, 0) is 31.0 Å². The Morgan fingerprint density at radius 3 is 2.64 bits per heavy atom. The molecule has 0 radical (unpaired) electrons. The van der Waals surface area contributed by atoms with Crippen LogP contribution in [-0.4, -0.2) is 10.9 Å². The highest BCUT2D eigenvalue weighted by molar-refractivity contribution is 6.06. The lowest BCUT2D eigenvalue weighted by Gasteiger charge is -2.08. The molecule has 4 heteroatoms. The van der Waals surface area contributed by atoms with Crippen molar-refractivity contribution in [1.29, 1.82) is 0 Å². The lowest BCUT2D eigenvalue weighted by molar-refractivity contribution is 0.0997. The molecule has 2 aromatic carbocycles. The summed E-state index contributed by atoms with van der Waals surface area (Å²) in [7, 11) is 0. The van der Waals surface area contributed by atoms with Crippen LogP contribution < -0.4 is 5.32 Å². The van der Waals surface area contributed by atoms with E-state index in [0.717, 1.165) is 22.4 Å². The van der Waals surface area contributed by atoms with Crippen LogP contribution >= 0.6 is 0 Å². The molecule has 3 rings (SSSR count). The number of carbonyl (C=O) groups is 1. The van der Waals surface area contributed by atoms with Gasteiger partial charge in [0.15, 0.2) is 6.39 Å². The van der Waals surface area contributed by atoms with Crippen LogP contribution in [0.1, 0.15) is 21.7 Å². The number of amides is 1. The molecule has 0 aliphatic carbocycles. The Morgan fingerprint density at radius 1 is 1.09 bits per heavy atom. The molecular formula is C18H16N2O2. The number of hydrogen-bond donors (Lipinski definition) is 1. The van der Waals surface area contributed by atoms with Crippen molar-refractivity contribution in [3.05, 3.63) is 71.8 Å². The van der Waals surface area contributed by atoms with Crippen molar-refractivity contribution in [2.45, 2.75) is 13.8 Å². The normalized spacial score (nSPS) is 10.5. The maximum atomic E-state index is 12.5. The molecule has 1 heterocycles. The fraction of sp³-hybridized carbons (Fsp3) is 0.111. The number of oxazole rings is 1. The summed E-state index contributed by atoms with van der Waals surface area (Å²) in [5, 5.41) is 2.89. The molecule has 0 unspecified atom stereocenters. The number of carbonyl (C=O) groups excluding carboxylic acids is 1. The van der Waals surface area contributed by atoms with E-state index in [2.05, 4.69) is 10.3 Å². The first-order valence-electron chi connectivity index (χ1n) is 7.02. The van der Waals surface area contributed by atoms with E-state index in [0.29, 0.717) is 5.69 Å². The van der Waals surface area contributed by atoms with Crippen molar-refractivity contribution in [3.8, 4) is 11.3 Å². The summed E-state index contributed by atoms with van der Waals surface area (Å²) in [6.45, 7) is 3.94. The summed E-state index contributed by atoms with van der Waals surface area (Å²) < 4.78 is 5.30. The molecule has 4 nitrogen and oxygen atoms in total. The fourth-order valence-electron chi connectivity index (χ4n) is 2.26. The van der Waals surface area contributed by atoms with Crippen molar-refractivity contribution in [2.75, 3.05) is 5.32 Å². The van der Waals surface area contributed by atoms with E-state index in [1.54, 1.807) is 0 Å². The highest BCUT2D eigenvalue weighted by atomic mass is 16.3.